The van der Waals surface area contributed by atoms with Crippen LogP contribution in [0.3, 0.4) is 0 Å². The van der Waals surface area contributed by atoms with Crippen LogP contribution in [0.1, 0.15) is 39.3 Å². The summed E-state index contributed by atoms with van der Waals surface area (Å²) >= 11 is 0. The van der Waals surface area contributed by atoms with Gasteiger partial charge in [-0.25, -0.2) is 13.8 Å². The summed E-state index contributed by atoms with van der Waals surface area (Å²) in [5.74, 6) is -2.69. The van der Waals surface area contributed by atoms with Crippen molar-refractivity contribution in [3.8, 4) is 0 Å². The van der Waals surface area contributed by atoms with E-state index in [2.05, 4.69) is 4.98 Å². The molecule has 0 spiro atoms. The summed E-state index contributed by atoms with van der Waals surface area (Å²) < 4.78 is 28.3. The van der Waals surface area contributed by atoms with E-state index in [9.17, 15) is 18.4 Å². The number of aryl methyl sites for hydroxylation is 1. The fourth-order valence-electron chi connectivity index (χ4n) is 3.60. The summed E-state index contributed by atoms with van der Waals surface area (Å²) in [7, 11) is 0. The van der Waals surface area contributed by atoms with Crippen LogP contribution in [0.4, 0.5) is 8.78 Å². The molecule has 0 unspecified atom stereocenters. The second-order valence-electron chi connectivity index (χ2n) is 7.16. The number of likely N-dealkylation sites (tertiary alicyclic amines) is 1. The number of aromatic nitrogens is 2. The fourth-order valence-corrected chi connectivity index (χ4v) is 3.60. The zero-order valence-electron chi connectivity index (χ0n) is 15.4. The number of nitrogens with zero attached hydrogens (tertiary/aromatic N) is 3. The molecule has 1 fully saturated rings. The van der Waals surface area contributed by atoms with Gasteiger partial charge in [0.15, 0.2) is 17.4 Å². The van der Waals surface area contributed by atoms with Gasteiger partial charge in [-0.2, -0.15) is 0 Å². The Kier molecular flexibility index (Phi) is 4.66. The van der Waals surface area contributed by atoms with Crippen molar-refractivity contribution in [1.82, 2.24) is 14.3 Å². The predicted molar refractivity (Wildman–Crippen MR) is 99.2 cm³/mol. The van der Waals surface area contributed by atoms with Gasteiger partial charge in [0.05, 0.1) is 0 Å². The molecule has 4 rings (SSSR count). The first kappa shape index (κ1) is 18.3. The molecule has 5 nitrogen and oxygen atoms in total. The summed E-state index contributed by atoms with van der Waals surface area (Å²) in [6.45, 7) is 2.81. The summed E-state index contributed by atoms with van der Waals surface area (Å²) in [6.07, 6.45) is 4.58. The monoisotopic (exact) mass is 383 g/mol. The van der Waals surface area contributed by atoms with E-state index < -0.39 is 11.6 Å². The summed E-state index contributed by atoms with van der Waals surface area (Å²) in [5, 5.41) is 0. The molecule has 3 aromatic rings. The topological polar surface area (TPSA) is 54.7 Å². The molecule has 28 heavy (non-hydrogen) atoms. The highest BCUT2D eigenvalue weighted by molar-refractivity contribution is 5.98. The minimum atomic E-state index is -1.03. The van der Waals surface area contributed by atoms with Crippen LogP contribution in [-0.4, -0.2) is 39.1 Å². The molecular weight excluding hydrogens is 364 g/mol. The lowest BCUT2D eigenvalue weighted by molar-refractivity contribution is 0.0646. The minimum absolute atomic E-state index is 0.166. The highest BCUT2D eigenvalue weighted by atomic mass is 19.2. The molecule has 1 saturated heterocycles. The number of hydrogen-bond donors (Lipinski definition) is 0. The SMILES string of the molecule is Cc1ccc2nc(C(=O)N3CCC(C(=O)c4ccc(F)c(F)c4)CC3)cn2c1. The summed E-state index contributed by atoms with van der Waals surface area (Å²) in [5.41, 5.74) is 2.31. The number of ketones is 1. The number of Topliss-reactive ketones (excluding diaryl/α,β-unsaturated/α-hetero) is 1. The first-order valence-corrected chi connectivity index (χ1v) is 9.16. The first-order valence-electron chi connectivity index (χ1n) is 9.16. The van der Waals surface area contributed by atoms with Crippen molar-refractivity contribution in [2.45, 2.75) is 19.8 Å². The first-order chi connectivity index (χ1) is 13.4. The third-order valence-electron chi connectivity index (χ3n) is 5.18. The molecular formula is C21H19F2N3O2. The minimum Gasteiger partial charge on any atom is -0.337 e. The summed E-state index contributed by atoms with van der Waals surface area (Å²) in [6, 6.07) is 7.00. The maximum Gasteiger partial charge on any atom is 0.274 e. The average Bonchev–Trinajstić information content (AvgIpc) is 3.12. The number of benzene rings is 1. The summed E-state index contributed by atoms with van der Waals surface area (Å²) in [4.78, 5) is 31.4. The lowest BCUT2D eigenvalue weighted by Gasteiger charge is -2.30. The molecule has 1 aliphatic heterocycles. The zero-order chi connectivity index (χ0) is 19.8. The number of amides is 1. The molecule has 1 aliphatic rings. The quantitative estimate of drug-likeness (QED) is 0.649. The number of halogens is 2. The van der Waals surface area contributed by atoms with Crippen LogP contribution in [0.25, 0.3) is 5.65 Å². The number of imidazole rings is 1. The third-order valence-corrected chi connectivity index (χ3v) is 5.18. The molecule has 0 N–H and O–H groups in total. The van der Waals surface area contributed by atoms with E-state index in [1.807, 2.05) is 29.7 Å². The zero-order valence-corrected chi connectivity index (χ0v) is 15.4. The van der Waals surface area contributed by atoms with Gasteiger partial charge < -0.3 is 9.30 Å². The molecule has 1 amide bonds. The molecule has 0 saturated carbocycles. The Morgan fingerprint density at radius 1 is 1.04 bits per heavy atom. The Balaban J connectivity index is 1.43. The highest BCUT2D eigenvalue weighted by Gasteiger charge is 2.29. The van der Waals surface area contributed by atoms with Crippen LogP contribution in [-0.2, 0) is 0 Å². The Bertz CT molecular complexity index is 1070. The van der Waals surface area contributed by atoms with Crippen LogP contribution in [0.15, 0.2) is 42.7 Å². The Hall–Kier alpha value is -3.09. The molecule has 7 heteroatoms. The lowest BCUT2D eigenvalue weighted by atomic mass is 9.88. The van der Waals surface area contributed by atoms with Gasteiger partial charge in [-0.3, -0.25) is 9.59 Å². The van der Waals surface area contributed by atoms with Crippen LogP contribution >= 0.6 is 0 Å². The molecule has 0 radical (unpaired) electrons. The molecule has 3 heterocycles. The largest absolute Gasteiger partial charge is 0.337 e. The van der Waals surface area contributed by atoms with Gasteiger partial charge in [0.2, 0.25) is 0 Å². The Labute approximate surface area is 160 Å². The fraction of sp³-hybridized carbons (Fsp3) is 0.286. The van der Waals surface area contributed by atoms with Crippen molar-refractivity contribution in [2.24, 2.45) is 5.92 Å². The number of rotatable bonds is 3. The number of pyridine rings is 1. The second kappa shape index (κ2) is 7.14. The van der Waals surface area contributed by atoms with Crippen molar-refractivity contribution in [2.75, 3.05) is 13.1 Å². The molecule has 0 bridgehead atoms. The van der Waals surface area contributed by atoms with E-state index in [-0.39, 0.29) is 23.2 Å². The van der Waals surface area contributed by atoms with Gasteiger partial charge in [0, 0.05) is 37.0 Å². The van der Waals surface area contributed by atoms with Crippen molar-refractivity contribution in [3.63, 3.8) is 0 Å². The van der Waals surface area contributed by atoms with Gasteiger partial charge >= 0.3 is 0 Å². The van der Waals surface area contributed by atoms with Gasteiger partial charge in [-0.15, -0.1) is 0 Å². The number of carbonyl (C=O) groups is 2. The van der Waals surface area contributed by atoms with Crippen LogP contribution in [0.2, 0.25) is 0 Å². The van der Waals surface area contributed by atoms with E-state index in [0.29, 0.717) is 37.3 Å². The van der Waals surface area contributed by atoms with Gasteiger partial charge in [-0.05, 0) is 49.6 Å². The smallest absolute Gasteiger partial charge is 0.274 e. The predicted octanol–water partition coefficient (Wildman–Crippen LogP) is 3.66. The number of piperidine rings is 1. The van der Waals surface area contributed by atoms with E-state index in [1.165, 1.54) is 6.07 Å². The van der Waals surface area contributed by atoms with E-state index in [1.54, 1.807) is 11.1 Å². The number of fused-ring (bicyclic) bond motifs is 1. The van der Waals surface area contributed by atoms with E-state index in [0.717, 1.165) is 17.7 Å². The van der Waals surface area contributed by atoms with Crippen LogP contribution < -0.4 is 0 Å². The maximum absolute atomic E-state index is 13.4. The van der Waals surface area contributed by atoms with Crippen molar-refractivity contribution >= 4 is 17.3 Å². The molecule has 2 aromatic heterocycles. The van der Waals surface area contributed by atoms with Crippen LogP contribution in [0.5, 0.6) is 0 Å². The van der Waals surface area contributed by atoms with E-state index >= 15 is 0 Å². The Morgan fingerprint density at radius 2 is 1.79 bits per heavy atom. The Morgan fingerprint density at radius 3 is 2.50 bits per heavy atom. The van der Waals surface area contributed by atoms with Crippen molar-refractivity contribution in [3.05, 3.63) is 71.2 Å². The van der Waals surface area contributed by atoms with Gasteiger partial charge in [0.1, 0.15) is 11.3 Å². The number of carbonyl (C=O) groups excluding carboxylic acids is 2. The molecule has 0 atom stereocenters. The molecule has 0 aliphatic carbocycles. The van der Waals surface area contributed by atoms with Gasteiger partial charge in [-0.1, -0.05) is 6.07 Å². The van der Waals surface area contributed by atoms with Crippen molar-refractivity contribution in [1.29, 1.82) is 0 Å². The second-order valence-corrected chi connectivity index (χ2v) is 7.16. The molecule has 1 aromatic carbocycles. The normalized spacial score (nSPS) is 15.2. The van der Waals surface area contributed by atoms with Crippen molar-refractivity contribution < 1.29 is 18.4 Å². The van der Waals surface area contributed by atoms with E-state index in [4.69, 9.17) is 0 Å². The van der Waals surface area contributed by atoms with Gasteiger partial charge in [0.25, 0.3) is 5.91 Å². The highest BCUT2D eigenvalue weighted by Crippen LogP contribution is 2.24. The number of hydrogen-bond acceptors (Lipinski definition) is 3. The standard InChI is InChI=1S/C21H19F2N3O2/c1-13-2-5-19-24-18(12-26(19)11-13)21(28)25-8-6-14(7-9-25)20(27)15-3-4-16(22)17(23)10-15/h2-5,10-12,14H,6-9H2,1H3. The molecule has 144 valence electrons. The third kappa shape index (κ3) is 3.40. The lowest BCUT2D eigenvalue weighted by Crippen LogP contribution is -2.40. The van der Waals surface area contributed by atoms with Crippen LogP contribution in [0, 0.1) is 24.5 Å². The average molecular weight is 383 g/mol. The maximum atomic E-state index is 13.4.